The third-order valence-electron chi connectivity index (χ3n) is 4.73. The fraction of sp³-hybridized carbons (Fsp3) is 0.364. The number of benzene rings is 2. The highest BCUT2D eigenvalue weighted by atomic mass is 35.7. The van der Waals surface area contributed by atoms with Crippen molar-refractivity contribution in [2.45, 2.75) is 44.1 Å². The fourth-order valence-electron chi connectivity index (χ4n) is 3.38. The maximum absolute atomic E-state index is 13.1. The number of amides is 2. The Hall–Kier alpha value is -2.58. The highest BCUT2D eigenvalue weighted by Gasteiger charge is 2.27. The molecule has 3 rings (SSSR count). The molecule has 0 aromatic heterocycles. The Morgan fingerprint density at radius 1 is 1.16 bits per heavy atom. The number of fused-ring (bicyclic) bond motifs is 1. The Labute approximate surface area is 186 Å². The Balaban J connectivity index is 1.67. The topological polar surface area (TPSA) is 92.8 Å². The third-order valence-corrected chi connectivity index (χ3v) is 6.08. The molecule has 0 bridgehead atoms. The SMILES string of the molecule is CC(C)(C)OC(=O)NCCc1cccc(C(=O)N2CCc3cc(S(=O)(=O)Cl)ccc32)c1. The molecule has 2 amide bonds. The first-order valence-electron chi connectivity index (χ1n) is 9.89. The van der Waals surface area contributed by atoms with Gasteiger partial charge in [0.25, 0.3) is 15.0 Å². The van der Waals surface area contributed by atoms with E-state index in [0.29, 0.717) is 37.2 Å². The zero-order valence-electron chi connectivity index (χ0n) is 17.6. The van der Waals surface area contributed by atoms with E-state index in [9.17, 15) is 18.0 Å². The van der Waals surface area contributed by atoms with Crippen LogP contribution in [0.5, 0.6) is 0 Å². The van der Waals surface area contributed by atoms with Crippen molar-refractivity contribution in [2.24, 2.45) is 0 Å². The Kier molecular flexibility index (Phi) is 6.62. The number of ether oxygens (including phenoxy) is 1. The summed E-state index contributed by atoms with van der Waals surface area (Å²) in [5.41, 5.74) is 2.33. The normalized spacial score (nSPS) is 13.6. The quantitative estimate of drug-likeness (QED) is 0.678. The molecule has 0 atom stereocenters. The van der Waals surface area contributed by atoms with Crippen molar-refractivity contribution < 1.29 is 22.7 Å². The minimum absolute atomic E-state index is 0.0294. The number of halogens is 1. The lowest BCUT2D eigenvalue weighted by Gasteiger charge is -2.20. The van der Waals surface area contributed by atoms with Crippen molar-refractivity contribution in [3.05, 3.63) is 59.2 Å². The summed E-state index contributed by atoms with van der Waals surface area (Å²) in [4.78, 5) is 26.5. The Bertz CT molecular complexity index is 1110. The number of anilines is 1. The van der Waals surface area contributed by atoms with E-state index in [-0.39, 0.29) is 10.8 Å². The van der Waals surface area contributed by atoms with Gasteiger partial charge in [-0.3, -0.25) is 4.79 Å². The second-order valence-corrected chi connectivity index (χ2v) is 10.9. The minimum atomic E-state index is -3.82. The van der Waals surface area contributed by atoms with Crippen molar-refractivity contribution >= 4 is 37.4 Å². The lowest BCUT2D eigenvalue weighted by Crippen LogP contribution is -2.33. The standard InChI is InChI=1S/C22H25ClN2O5S/c1-22(2,3)30-21(27)24-11-9-15-5-4-6-17(13-15)20(26)25-12-10-16-14-18(31(23,28)29)7-8-19(16)25/h4-8,13-14H,9-12H2,1-3H3,(H,24,27). The van der Waals surface area contributed by atoms with Crippen molar-refractivity contribution in [2.75, 3.05) is 18.0 Å². The summed E-state index contributed by atoms with van der Waals surface area (Å²) in [5.74, 6) is -0.165. The molecule has 2 aromatic carbocycles. The van der Waals surface area contributed by atoms with Crippen LogP contribution in [0.25, 0.3) is 0 Å². The van der Waals surface area contributed by atoms with E-state index in [1.165, 1.54) is 12.1 Å². The van der Waals surface area contributed by atoms with Crippen LogP contribution in [-0.4, -0.2) is 39.1 Å². The summed E-state index contributed by atoms with van der Waals surface area (Å²) in [5, 5.41) is 2.71. The average Bonchev–Trinajstić information content (AvgIpc) is 3.09. The second-order valence-electron chi connectivity index (χ2n) is 8.31. The number of hydrogen-bond donors (Lipinski definition) is 1. The molecule has 1 heterocycles. The van der Waals surface area contributed by atoms with Gasteiger partial charge in [-0.2, -0.15) is 0 Å². The minimum Gasteiger partial charge on any atom is -0.444 e. The molecule has 0 saturated carbocycles. The summed E-state index contributed by atoms with van der Waals surface area (Å²) < 4.78 is 28.3. The summed E-state index contributed by atoms with van der Waals surface area (Å²) in [6, 6.07) is 11.8. The molecule has 1 aliphatic heterocycles. The largest absolute Gasteiger partial charge is 0.444 e. The first-order chi connectivity index (χ1) is 14.4. The Morgan fingerprint density at radius 2 is 1.90 bits per heavy atom. The number of nitrogens with one attached hydrogen (secondary N) is 1. The molecular formula is C22H25ClN2O5S. The smallest absolute Gasteiger partial charge is 0.407 e. The zero-order valence-corrected chi connectivity index (χ0v) is 19.2. The molecule has 2 aromatic rings. The van der Waals surface area contributed by atoms with Gasteiger partial charge in [0.1, 0.15) is 5.60 Å². The predicted octanol–water partition coefficient (Wildman–Crippen LogP) is 3.88. The highest BCUT2D eigenvalue weighted by Crippen LogP contribution is 2.32. The van der Waals surface area contributed by atoms with Gasteiger partial charge in [0, 0.05) is 35.0 Å². The van der Waals surface area contributed by atoms with Crippen LogP contribution < -0.4 is 10.2 Å². The van der Waals surface area contributed by atoms with Gasteiger partial charge >= 0.3 is 6.09 Å². The molecule has 0 unspecified atom stereocenters. The van der Waals surface area contributed by atoms with Gasteiger partial charge < -0.3 is 15.0 Å². The first kappa shape index (κ1) is 23.1. The number of rotatable bonds is 5. The van der Waals surface area contributed by atoms with E-state index >= 15 is 0 Å². The van der Waals surface area contributed by atoms with E-state index in [4.69, 9.17) is 15.4 Å². The molecule has 1 N–H and O–H groups in total. The molecule has 0 fully saturated rings. The van der Waals surface area contributed by atoms with Crippen molar-refractivity contribution in [1.82, 2.24) is 5.32 Å². The van der Waals surface area contributed by atoms with Gasteiger partial charge in [0.15, 0.2) is 0 Å². The van der Waals surface area contributed by atoms with Gasteiger partial charge in [0.2, 0.25) is 0 Å². The van der Waals surface area contributed by atoms with Crippen molar-refractivity contribution in [1.29, 1.82) is 0 Å². The van der Waals surface area contributed by atoms with Crippen LogP contribution in [0.1, 0.15) is 42.3 Å². The molecule has 166 valence electrons. The number of hydrogen-bond acceptors (Lipinski definition) is 5. The fourth-order valence-corrected chi connectivity index (χ4v) is 4.18. The van der Waals surface area contributed by atoms with Crippen LogP contribution in [0.15, 0.2) is 47.4 Å². The van der Waals surface area contributed by atoms with Gasteiger partial charge in [0.05, 0.1) is 4.90 Å². The summed E-state index contributed by atoms with van der Waals surface area (Å²) in [7, 11) is 1.61. The zero-order chi connectivity index (χ0) is 22.8. The number of carbonyl (C=O) groups is 2. The van der Waals surface area contributed by atoms with Crippen LogP contribution >= 0.6 is 10.7 Å². The van der Waals surface area contributed by atoms with Crippen molar-refractivity contribution in [3.8, 4) is 0 Å². The van der Waals surface area contributed by atoms with Crippen LogP contribution in [0.2, 0.25) is 0 Å². The molecule has 1 aliphatic rings. The molecule has 0 saturated heterocycles. The average molecular weight is 465 g/mol. The van der Waals surface area contributed by atoms with Crippen molar-refractivity contribution in [3.63, 3.8) is 0 Å². The monoisotopic (exact) mass is 464 g/mol. The summed E-state index contributed by atoms with van der Waals surface area (Å²) in [6.07, 6.45) is 0.626. The molecule has 31 heavy (non-hydrogen) atoms. The maximum atomic E-state index is 13.1. The summed E-state index contributed by atoms with van der Waals surface area (Å²) >= 11 is 0. The molecule has 0 aliphatic carbocycles. The van der Waals surface area contributed by atoms with Gasteiger partial charge in [-0.05, 0) is 75.1 Å². The van der Waals surface area contributed by atoms with Crippen LogP contribution in [-0.2, 0) is 26.6 Å². The van der Waals surface area contributed by atoms with E-state index < -0.39 is 20.7 Å². The van der Waals surface area contributed by atoms with Gasteiger partial charge in [-0.1, -0.05) is 12.1 Å². The Morgan fingerprint density at radius 3 is 2.58 bits per heavy atom. The van der Waals surface area contributed by atoms with Crippen LogP contribution in [0.3, 0.4) is 0 Å². The van der Waals surface area contributed by atoms with E-state index in [1.807, 2.05) is 6.07 Å². The van der Waals surface area contributed by atoms with Gasteiger partial charge in [-0.15, -0.1) is 0 Å². The molecule has 0 spiro atoms. The second kappa shape index (κ2) is 8.88. The van der Waals surface area contributed by atoms with Crippen LogP contribution in [0.4, 0.5) is 10.5 Å². The van der Waals surface area contributed by atoms with Crippen LogP contribution in [0, 0.1) is 0 Å². The number of nitrogens with zero attached hydrogens (tertiary/aromatic N) is 1. The first-order valence-corrected chi connectivity index (χ1v) is 12.2. The number of alkyl carbamates (subject to hydrolysis) is 1. The van der Waals surface area contributed by atoms with E-state index in [0.717, 1.165) is 11.1 Å². The lowest BCUT2D eigenvalue weighted by molar-refractivity contribution is 0.0528. The molecule has 7 nitrogen and oxygen atoms in total. The maximum Gasteiger partial charge on any atom is 0.407 e. The summed E-state index contributed by atoms with van der Waals surface area (Å²) in [6.45, 7) is 6.24. The molecular weight excluding hydrogens is 440 g/mol. The van der Waals surface area contributed by atoms with E-state index in [2.05, 4.69) is 5.32 Å². The molecule has 9 heteroatoms. The van der Waals surface area contributed by atoms with E-state index in [1.54, 1.807) is 49.9 Å². The number of carbonyl (C=O) groups excluding carboxylic acids is 2. The predicted molar refractivity (Wildman–Crippen MR) is 119 cm³/mol. The molecule has 0 radical (unpaired) electrons. The lowest BCUT2D eigenvalue weighted by atomic mass is 10.1. The van der Waals surface area contributed by atoms with Gasteiger partial charge in [-0.25, -0.2) is 13.2 Å². The third kappa shape index (κ3) is 5.98. The highest BCUT2D eigenvalue weighted by molar-refractivity contribution is 8.13.